The minimum Gasteiger partial charge on any atom is -0.373 e. The molecular weight excluding hydrogens is 428 g/mol. The van der Waals surface area contributed by atoms with Gasteiger partial charge in [-0.3, -0.25) is 14.5 Å². The number of hydrogen-bond donors (Lipinski definition) is 3. The fourth-order valence-electron chi connectivity index (χ4n) is 4.72. The lowest BCUT2D eigenvalue weighted by Gasteiger charge is -2.35. The van der Waals surface area contributed by atoms with Crippen molar-refractivity contribution in [2.75, 3.05) is 13.1 Å². The Labute approximate surface area is 200 Å². The first-order valence-electron chi connectivity index (χ1n) is 11.9. The van der Waals surface area contributed by atoms with Crippen LogP contribution >= 0.6 is 0 Å². The summed E-state index contributed by atoms with van der Waals surface area (Å²) in [6, 6.07) is 15.6. The lowest BCUT2D eigenvalue weighted by molar-refractivity contribution is -0.128. The minimum atomic E-state index is -0.638. The smallest absolute Gasteiger partial charge is 0.243 e. The highest BCUT2D eigenvalue weighted by Crippen LogP contribution is 2.19. The van der Waals surface area contributed by atoms with Crippen LogP contribution in [0.25, 0.3) is 10.9 Å². The average Bonchev–Trinajstić information content (AvgIpc) is 3.20. The summed E-state index contributed by atoms with van der Waals surface area (Å²) >= 11 is 0. The maximum absolute atomic E-state index is 13.0. The maximum Gasteiger partial charge on any atom is 0.243 e. The molecule has 3 unspecified atom stereocenters. The van der Waals surface area contributed by atoms with Crippen LogP contribution in [0, 0.1) is 0 Å². The highest BCUT2D eigenvalue weighted by Gasteiger charge is 2.23. The van der Waals surface area contributed by atoms with Gasteiger partial charge in [0.25, 0.3) is 0 Å². The van der Waals surface area contributed by atoms with E-state index in [2.05, 4.69) is 58.6 Å². The van der Waals surface area contributed by atoms with Gasteiger partial charge in [-0.25, -0.2) is 0 Å². The largest absolute Gasteiger partial charge is 0.373 e. The summed E-state index contributed by atoms with van der Waals surface area (Å²) in [5.41, 5.74) is 4.28. The Morgan fingerprint density at radius 2 is 1.74 bits per heavy atom. The van der Waals surface area contributed by atoms with Crippen LogP contribution in [-0.4, -0.2) is 53.0 Å². The standard InChI is InChI=1S/C27H34N4O3/c1-18-15-31(16-19(2)34-18)17-22-10-8-21(9-11-22)13-29-27(33)26(30-20(3)32)12-23-14-28-25-7-5-4-6-24(23)25/h4-11,14,18-19,26,28H,12-13,15-17H2,1-3H3,(H,29,33)(H,30,32). The number of aromatic nitrogens is 1. The van der Waals surface area contributed by atoms with E-state index in [1.165, 1.54) is 12.5 Å². The highest BCUT2D eigenvalue weighted by molar-refractivity contribution is 5.89. The molecule has 3 atom stereocenters. The fraction of sp³-hybridized carbons (Fsp3) is 0.407. The highest BCUT2D eigenvalue weighted by atomic mass is 16.5. The van der Waals surface area contributed by atoms with Crippen LogP contribution in [0.1, 0.15) is 37.5 Å². The molecule has 2 heterocycles. The fourth-order valence-corrected chi connectivity index (χ4v) is 4.72. The Balaban J connectivity index is 1.34. The molecule has 3 N–H and O–H groups in total. The van der Waals surface area contributed by atoms with E-state index < -0.39 is 6.04 Å². The molecular formula is C27H34N4O3. The van der Waals surface area contributed by atoms with Crippen molar-refractivity contribution in [3.05, 3.63) is 71.4 Å². The first kappa shape index (κ1) is 24.0. The van der Waals surface area contributed by atoms with Crippen molar-refractivity contribution in [1.82, 2.24) is 20.5 Å². The van der Waals surface area contributed by atoms with Crippen molar-refractivity contribution in [3.8, 4) is 0 Å². The van der Waals surface area contributed by atoms with Crippen molar-refractivity contribution in [2.24, 2.45) is 0 Å². The molecule has 2 amide bonds. The Hall–Kier alpha value is -3.16. The normalized spacial score (nSPS) is 19.6. The van der Waals surface area contributed by atoms with E-state index in [9.17, 15) is 9.59 Å². The Kier molecular flexibility index (Phi) is 7.65. The molecule has 4 rings (SSSR count). The number of fused-ring (bicyclic) bond motifs is 1. The molecule has 0 aliphatic carbocycles. The molecule has 0 radical (unpaired) electrons. The molecule has 3 aromatic rings. The molecule has 1 aliphatic heterocycles. The van der Waals surface area contributed by atoms with Crippen LogP contribution in [0.15, 0.2) is 54.7 Å². The Morgan fingerprint density at radius 1 is 1.06 bits per heavy atom. The third-order valence-electron chi connectivity index (χ3n) is 6.18. The first-order chi connectivity index (χ1) is 16.4. The maximum atomic E-state index is 13.0. The SMILES string of the molecule is CC(=O)NC(Cc1c[nH]c2ccccc12)C(=O)NCc1ccc(CN2CC(C)OC(C)C2)cc1. The predicted octanol–water partition coefficient (Wildman–Crippen LogP) is 3.14. The van der Waals surface area contributed by atoms with E-state index >= 15 is 0 Å². The molecule has 0 saturated carbocycles. The van der Waals surface area contributed by atoms with Crippen LogP contribution in [-0.2, 0) is 33.8 Å². The van der Waals surface area contributed by atoms with Gasteiger partial charge in [0.1, 0.15) is 6.04 Å². The number of benzene rings is 2. The second-order valence-corrected chi connectivity index (χ2v) is 9.30. The van der Waals surface area contributed by atoms with Crippen LogP contribution in [0.5, 0.6) is 0 Å². The number of para-hydroxylation sites is 1. The molecule has 180 valence electrons. The van der Waals surface area contributed by atoms with Crippen molar-refractivity contribution >= 4 is 22.7 Å². The van der Waals surface area contributed by atoms with Gasteiger partial charge < -0.3 is 20.4 Å². The lowest BCUT2D eigenvalue weighted by Crippen LogP contribution is -2.47. The van der Waals surface area contributed by atoms with Crippen LogP contribution < -0.4 is 10.6 Å². The molecule has 1 fully saturated rings. The second kappa shape index (κ2) is 10.8. The third kappa shape index (κ3) is 6.24. The summed E-state index contributed by atoms with van der Waals surface area (Å²) in [5, 5.41) is 6.85. The summed E-state index contributed by atoms with van der Waals surface area (Å²) in [6.07, 6.45) is 2.82. The lowest BCUT2D eigenvalue weighted by atomic mass is 10.0. The molecule has 0 spiro atoms. The summed E-state index contributed by atoms with van der Waals surface area (Å²) in [7, 11) is 0. The number of H-pyrrole nitrogens is 1. The number of hydrogen-bond acceptors (Lipinski definition) is 4. The number of aromatic amines is 1. The Bertz CT molecular complexity index is 1110. The van der Waals surface area contributed by atoms with Gasteiger partial charge >= 0.3 is 0 Å². The van der Waals surface area contributed by atoms with E-state index in [0.717, 1.165) is 41.7 Å². The van der Waals surface area contributed by atoms with E-state index in [1.807, 2.05) is 30.5 Å². The van der Waals surface area contributed by atoms with Gasteiger partial charge in [-0.1, -0.05) is 42.5 Å². The number of nitrogens with one attached hydrogen (secondary N) is 3. The quantitative estimate of drug-likeness (QED) is 0.480. The van der Waals surface area contributed by atoms with Crippen molar-refractivity contribution in [2.45, 2.75) is 58.5 Å². The minimum absolute atomic E-state index is 0.194. The third-order valence-corrected chi connectivity index (χ3v) is 6.18. The molecule has 7 nitrogen and oxygen atoms in total. The second-order valence-electron chi connectivity index (χ2n) is 9.30. The number of ether oxygens (including phenoxy) is 1. The monoisotopic (exact) mass is 462 g/mol. The van der Waals surface area contributed by atoms with E-state index in [0.29, 0.717) is 13.0 Å². The summed E-state index contributed by atoms with van der Waals surface area (Å²) < 4.78 is 5.81. The van der Waals surface area contributed by atoms with Crippen molar-refractivity contribution in [3.63, 3.8) is 0 Å². The number of rotatable bonds is 8. The number of amides is 2. The first-order valence-corrected chi connectivity index (χ1v) is 11.9. The van der Waals surface area contributed by atoms with Crippen molar-refractivity contribution < 1.29 is 14.3 Å². The van der Waals surface area contributed by atoms with Gasteiger partial charge in [0, 0.05) is 56.6 Å². The number of morpholine rings is 1. The molecule has 34 heavy (non-hydrogen) atoms. The van der Waals surface area contributed by atoms with Gasteiger partial charge in [-0.15, -0.1) is 0 Å². The number of nitrogens with zero attached hydrogens (tertiary/aromatic N) is 1. The van der Waals surface area contributed by atoms with Gasteiger partial charge in [-0.05, 0) is 36.6 Å². The average molecular weight is 463 g/mol. The molecule has 1 aromatic heterocycles. The van der Waals surface area contributed by atoms with Crippen LogP contribution in [0.4, 0.5) is 0 Å². The van der Waals surface area contributed by atoms with E-state index in [4.69, 9.17) is 4.74 Å². The summed E-state index contributed by atoms with van der Waals surface area (Å²) in [6.45, 7) is 8.83. The zero-order chi connectivity index (χ0) is 24.1. The topological polar surface area (TPSA) is 86.5 Å². The molecule has 2 aromatic carbocycles. The zero-order valence-electron chi connectivity index (χ0n) is 20.1. The molecule has 1 saturated heterocycles. The van der Waals surface area contributed by atoms with Gasteiger partial charge in [0.15, 0.2) is 0 Å². The van der Waals surface area contributed by atoms with E-state index in [-0.39, 0.29) is 24.0 Å². The van der Waals surface area contributed by atoms with Crippen LogP contribution in [0.3, 0.4) is 0 Å². The predicted molar refractivity (Wildman–Crippen MR) is 133 cm³/mol. The van der Waals surface area contributed by atoms with Crippen molar-refractivity contribution in [1.29, 1.82) is 0 Å². The van der Waals surface area contributed by atoms with Gasteiger partial charge in [-0.2, -0.15) is 0 Å². The molecule has 1 aliphatic rings. The molecule has 7 heteroatoms. The number of carbonyl (C=O) groups is 2. The number of carbonyl (C=O) groups excluding carboxylic acids is 2. The van der Waals surface area contributed by atoms with Gasteiger partial charge in [0.05, 0.1) is 12.2 Å². The Morgan fingerprint density at radius 3 is 2.44 bits per heavy atom. The molecule has 0 bridgehead atoms. The summed E-state index contributed by atoms with van der Waals surface area (Å²) in [5.74, 6) is -0.419. The van der Waals surface area contributed by atoms with E-state index in [1.54, 1.807) is 0 Å². The zero-order valence-corrected chi connectivity index (χ0v) is 20.1. The summed E-state index contributed by atoms with van der Waals surface area (Å²) in [4.78, 5) is 30.3. The van der Waals surface area contributed by atoms with Crippen LogP contribution in [0.2, 0.25) is 0 Å². The van der Waals surface area contributed by atoms with Gasteiger partial charge in [0.2, 0.25) is 11.8 Å².